The van der Waals surface area contributed by atoms with Crippen molar-refractivity contribution in [1.82, 2.24) is 4.57 Å². The Hall–Kier alpha value is -5.21. The van der Waals surface area contributed by atoms with Gasteiger partial charge in [0.1, 0.15) is 11.5 Å². The molecule has 6 rings (SSSR count). The van der Waals surface area contributed by atoms with Crippen LogP contribution in [0.25, 0.3) is 21.8 Å². The molecule has 0 aliphatic carbocycles. The number of carbonyl (C=O) groups is 3. The summed E-state index contributed by atoms with van der Waals surface area (Å²) in [5.41, 5.74) is 4.26. The average Bonchev–Trinajstić information content (AvgIpc) is 3.67. The largest absolute Gasteiger partial charge is 0.341 e. The maximum atomic E-state index is 15.2. The molecule has 6 aromatic rings. The summed E-state index contributed by atoms with van der Waals surface area (Å²) in [5.74, 6) is -2.05. The van der Waals surface area contributed by atoms with Gasteiger partial charge in [0.05, 0.1) is 10.4 Å². The second-order valence-corrected chi connectivity index (χ2v) is 10.9. The highest BCUT2D eigenvalue weighted by molar-refractivity contribution is 7.12. The molecule has 0 spiro atoms. The van der Waals surface area contributed by atoms with Crippen LogP contribution in [0.15, 0.2) is 108 Å². The van der Waals surface area contributed by atoms with Crippen molar-refractivity contribution in [1.29, 1.82) is 0 Å². The highest BCUT2D eigenvalue weighted by Crippen LogP contribution is 2.32. The first-order valence-corrected chi connectivity index (χ1v) is 14.5. The van der Waals surface area contributed by atoms with Gasteiger partial charge in [-0.1, -0.05) is 53.7 Å². The molecule has 0 saturated heterocycles. The van der Waals surface area contributed by atoms with Crippen molar-refractivity contribution in [3.05, 3.63) is 141 Å². The summed E-state index contributed by atoms with van der Waals surface area (Å²) in [7, 11) is 0. The van der Waals surface area contributed by atoms with Gasteiger partial charge < -0.3 is 9.40 Å². The number of nitrogens with zero attached hydrogens (tertiary/aromatic N) is 2. The van der Waals surface area contributed by atoms with Gasteiger partial charge in [-0.15, -0.1) is 11.3 Å². The standard InChI is InChI=1S/C35H25FN2O4S/c1-3-38-30-15-12-23(33(37-42-21(2)39)22-8-5-4-6-9-22)18-27(30)28-19-24(13-16-31(28)38)34(40)26-14-11-25(20-29(26)36)35(41)32-10-7-17-43-32/h4-20H,3H2,1-2H3. The number of aryl methyl sites for hydroxylation is 1. The van der Waals surface area contributed by atoms with Gasteiger partial charge in [0.15, 0.2) is 5.78 Å². The molecule has 0 aliphatic rings. The van der Waals surface area contributed by atoms with Crippen LogP contribution < -0.4 is 0 Å². The molecule has 8 heteroatoms. The number of ketones is 2. The zero-order valence-electron chi connectivity index (χ0n) is 23.3. The fourth-order valence-corrected chi connectivity index (χ4v) is 5.94. The minimum atomic E-state index is -0.750. The third-order valence-electron chi connectivity index (χ3n) is 7.25. The topological polar surface area (TPSA) is 77.7 Å². The number of benzene rings is 4. The van der Waals surface area contributed by atoms with E-state index in [9.17, 15) is 14.4 Å². The van der Waals surface area contributed by atoms with Crippen LogP contribution >= 0.6 is 11.3 Å². The quantitative estimate of drug-likeness (QED) is 0.0787. The number of carbonyl (C=O) groups excluding carboxylic acids is 3. The summed E-state index contributed by atoms with van der Waals surface area (Å²) < 4.78 is 17.4. The maximum Gasteiger partial charge on any atom is 0.332 e. The van der Waals surface area contributed by atoms with E-state index in [0.717, 1.165) is 39.0 Å². The van der Waals surface area contributed by atoms with Crippen molar-refractivity contribution >= 4 is 56.4 Å². The van der Waals surface area contributed by atoms with Crippen molar-refractivity contribution in [3.63, 3.8) is 0 Å². The number of aromatic nitrogens is 1. The summed E-state index contributed by atoms with van der Waals surface area (Å²) >= 11 is 1.28. The molecule has 0 fully saturated rings. The third kappa shape index (κ3) is 5.29. The molecule has 0 radical (unpaired) electrons. The molecule has 0 N–H and O–H groups in total. The number of fused-ring (bicyclic) bond motifs is 3. The van der Waals surface area contributed by atoms with Gasteiger partial charge in [-0.25, -0.2) is 9.18 Å². The van der Waals surface area contributed by atoms with Crippen molar-refractivity contribution < 1.29 is 23.6 Å². The van der Waals surface area contributed by atoms with Gasteiger partial charge in [0, 0.05) is 57.5 Å². The first kappa shape index (κ1) is 27.9. The van der Waals surface area contributed by atoms with E-state index in [1.165, 1.54) is 30.4 Å². The summed E-state index contributed by atoms with van der Waals surface area (Å²) in [6, 6.07) is 28.0. The average molecular weight is 589 g/mol. The number of rotatable bonds is 8. The summed E-state index contributed by atoms with van der Waals surface area (Å²) in [6.07, 6.45) is 0. The zero-order chi connectivity index (χ0) is 30.1. The minimum absolute atomic E-state index is 0.109. The van der Waals surface area contributed by atoms with Gasteiger partial charge in [-0.3, -0.25) is 9.59 Å². The van der Waals surface area contributed by atoms with Crippen LogP contribution in [0.5, 0.6) is 0 Å². The molecule has 0 aliphatic heterocycles. The number of hydrogen-bond acceptors (Lipinski definition) is 6. The molecular weight excluding hydrogens is 563 g/mol. The maximum absolute atomic E-state index is 15.2. The Bertz CT molecular complexity index is 2060. The Balaban J connectivity index is 1.44. The summed E-state index contributed by atoms with van der Waals surface area (Å²) in [5, 5.41) is 7.62. The van der Waals surface area contributed by atoms with E-state index in [-0.39, 0.29) is 16.9 Å². The number of oxime groups is 1. The van der Waals surface area contributed by atoms with Crippen LogP contribution in [0.3, 0.4) is 0 Å². The van der Waals surface area contributed by atoms with Gasteiger partial charge in [-0.05, 0) is 60.8 Å². The third-order valence-corrected chi connectivity index (χ3v) is 8.12. The monoisotopic (exact) mass is 588 g/mol. The van der Waals surface area contributed by atoms with E-state index < -0.39 is 17.6 Å². The van der Waals surface area contributed by atoms with E-state index in [1.807, 2.05) is 61.5 Å². The van der Waals surface area contributed by atoms with Gasteiger partial charge in [-0.2, -0.15) is 0 Å². The zero-order valence-corrected chi connectivity index (χ0v) is 24.2. The van der Waals surface area contributed by atoms with Crippen molar-refractivity contribution in [2.24, 2.45) is 5.16 Å². The molecule has 2 aromatic heterocycles. The Morgan fingerprint density at radius 2 is 1.42 bits per heavy atom. The highest BCUT2D eigenvalue weighted by atomic mass is 32.1. The van der Waals surface area contributed by atoms with Gasteiger partial charge >= 0.3 is 5.97 Å². The van der Waals surface area contributed by atoms with Crippen LogP contribution in [0.4, 0.5) is 4.39 Å². The van der Waals surface area contributed by atoms with Crippen molar-refractivity contribution in [2.75, 3.05) is 0 Å². The van der Waals surface area contributed by atoms with E-state index in [2.05, 4.69) is 9.72 Å². The van der Waals surface area contributed by atoms with E-state index in [4.69, 9.17) is 4.84 Å². The van der Waals surface area contributed by atoms with Crippen LogP contribution in [0.1, 0.15) is 56.1 Å². The second-order valence-electron chi connectivity index (χ2n) is 9.93. The molecule has 212 valence electrons. The molecular formula is C35H25FN2O4S. The number of hydrogen-bond donors (Lipinski definition) is 0. The SMILES string of the molecule is CCn1c2ccc(C(=O)c3ccc(C(=O)c4cccs4)cc3F)cc2c2cc(C(=NOC(C)=O)c3ccccc3)ccc21. The smallest absolute Gasteiger partial charge is 0.332 e. The first-order chi connectivity index (χ1) is 20.9. The normalized spacial score (nSPS) is 11.7. The lowest BCUT2D eigenvalue weighted by Gasteiger charge is -2.08. The van der Waals surface area contributed by atoms with Crippen LogP contribution in [-0.4, -0.2) is 27.8 Å². The Kier molecular flexibility index (Phi) is 7.52. The second kappa shape index (κ2) is 11.6. The Morgan fingerprint density at radius 1 is 0.767 bits per heavy atom. The Morgan fingerprint density at radius 3 is 2.05 bits per heavy atom. The molecule has 0 atom stereocenters. The molecule has 43 heavy (non-hydrogen) atoms. The number of halogens is 1. The molecule has 4 aromatic carbocycles. The van der Waals surface area contributed by atoms with E-state index in [1.54, 1.807) is 29.6 Å². The molecule has 0 saturated carbocycles. The molecule has 0 amide bonds. The minimum Gasteiger partial charge on any atom is -0.341 e. The van der Waals surface area contributed by atoms with Crippen LogP contribution in [-0.2, 0) is 16.2 Å². The summed E-state index contributed by atoms with van der Waals surface area (Å²) in [4.78, 5) is 43.3. The number of thiophene rings is 1. The summed E-state index contributed by atoms with van der Waals surface area (Å²) in [6.45, 7) is 4.02. The van der Waals surface area contributed by atoms with E-state index in [0.29, 0.717) is 22.7 Å². The van der Waals surface area contributed by atoms with Crippen LogP contribution in [0.2, 0.25) is 0 Å². The molecule has 2 heterocycles. The fraction of sp³-hybridized carbons (Fsp3) is 0.0857. The predicted molar refractivity (Wildman–Crippen MR) is 167 cm³/mol. The lowest BCUT2D eigenvalue weighted by Crippen LogP contribution is -2.07. The van der Waals surface area contributed by atoms with Crippen molar-refractivity contribution in [2.45, 2.75) is 20.4 Å². The molecule has 0 unspecified atom stereocenters. The van der Waals surface area contributed by atoms with Gasteiger partial charge in [0.2, 0.25) is 5.78 Å². The first-order valence-electron chi connectivity index (χ1n) is 13.7. The van der Waals surface area contributed by atoms with E-state index >= 15 is 4.39 Å². The van der Waals surface area contributed by atoms with Crippen LogP contribution in [0, 0.1) is 5.82 Å². The van der Waals surface area contributed by atoms with Gasteiger partial charge in [0.25, 0.3) is 0 Å². The molecule has 6 nitrogen and oxygen atoms in total. The Labute approximate surface area is 250 Å². The predicted octanol–water partition coefficient (Wildman–Crippen LogP) is 7.79. The fourth-order valence-electron chi connectivity index (χ4n) is 5.26. The lowest BCUT2D eigenvalue weighted by atomic mass is 9.97. The van der Waals surface area contributed by atoms with Crippen molar-refractivity contribution in [3.8, 4) is 0 Å². The highest BCUT2D eigenvalue weighted by Gasteiger charge is 2.20. The molecule has 0 bridgehead atoms. The lowest BCUT2D eigenvalue weighted by molar-refractivity contribution is -0.140.